The van der Waals surface area contributed by atoms with Gasteiger partial charge in [0.15, 0.2) is 5.82 Å². The van der Waals surface area contributed by atoms with Crippen LogP contribution in [-0.4, -0.2) is 26.7 Å². The number of fused-ring (bicyclic) bond motifs is 4. The molecule has 0 saturated heterocycles. The van der Waals surface area contributed by atoms with Crippen molar-refractivity contribution in [2.24, 2.45) is 5.92 Å². The molecular weight excluding hydrogens is 360 g/mol. The fourth-order valence-electron chi connectivity index (χ4n) is 6.23. The Morgan fingerprint density at radius 3 is 2.62 bits per heavy atom. The lowest BCUT2D eigenvalue weighted by atomic mass is 9.64. The van der Waals surface area contributed by atoms with E-state index in [0.717, 1.165) is 35.7 Å². The van der Waals surface area contributed by atoms with E-state index in [4.69, 9.17) is 10.1 Å². The largest absolute Gasteiger partial charge is 0.273 e. The number of hydrogen-bond donors (Lipinski definition) is 0. The van der Waals surface area contributed by atoms with Gasteiger partial charge in [0.25, 0.3) is 5.91 Å². The van der Waals surface area contributed by atoms with Crippen molar-refractivity contribution >= 4 is 11.9 Å². The molecule has 5 nitrogen and oxygen atoms in total. The van der Waals surface area contributed by atoms with Crippen molar-refractivity contribution in [3.8, 4) is 0 Å². The highest BCUT2D eigenvalue weighted by Gasteiger charge is 2.55. The van der Waals surface area contributed by atoms with Crippen molar-refractivity contribution in [1.82, 2.24) is 14.8 Å². The first-order valence-electron chi connectivity index (χ1n) is 11.5. The fraction of sp³-hybridized carbons (Fsp3) is 0.625. The van der Waals surface area contributed by atoms with Gasteiger partial charge in [-0.05, 0) is 44.2 Å². The van der Waals surface area contributed by atoms with Crippen LogP contribution in [0.4, 0.5) is 5.95 Å². The molecule has 3 aliphatic rings. The van der Waals surface area contributed by atoms with Crippen molar-refractivity contribution in [1.29, 1.82) is 0 Å². The first kappa shape index (κ1) is 18.8. The van der Waals surface area contributed by atoms with Crippen LogP contribution in [0.3, 0.4) is 0 Å². The molecular formula is C24H32N4O. The number of carbonyl (C=O) groups excluding carboxylic acids is 1. The summed E-state index contributed by atoms with van der Waals surface area (Å²) in [6.07, 6.45) is 11.7. The van der Waals surface area contributed by atoms with Crippen LogP contribution in [0.5, 0.6) is 0 Å². The number of benzene rings is 1. The van der Waals surface area contributed by atoms with Gasteiger partial charge >= 0.3 is 0 Å². The Balaban J connectivity index is 1.68. The number of rotatable bonds is 2. The van der Waals surface area contributed by atoms with Crippen LogP contribution in [-0.2, 0) is 12.0 Å². The predicted molar refractivity (Wildman–Crippen MR) is 114 cm³/mol. The molecule has 2 unspecified atom stereocenters. The summed E-state index contributed by atoms with van der Waals surface area (Å²) in [6.45, 7) is 4.13. The molecule has 5 heteroatoms. The number of anilines is 1. The molecule has 2 saturated carbocycles. The van der Waals surface area contributed by atoms with E-state index >= 15 is 0 Å². The van der Waals surface area contributed by atoms with Gasteiger partial charge in [-0.2, -0.15) is 10.1 Å². The zero-order valence-corrected chi connectivity index (χ0v) is 17.7. The van der Waals surface area contributed by atoms with Gasteiger partial charge in [-0.15, -0.1) is 0 Å². The Kier molecular flexibility index (Phi) is 4.72. The Morgan fingerprint density at radius 1 is 1.10 bits per heavy atom. The molecule has 0 radical (unpaired) electrons. The average Bonchev–Trinajstić information content (AvgIpc) is 3.20. The average molecular weight is 393 g/mol. The zero-order chi connectivity index (χ0) is 20.0. The minimum Gasteiger partial charge on any atom is -0.273 e. The van der Waals surface area contributed by atoms with Crippen LogP contribution in [0.15, 0.2) is 24.3 Å². The number of hydrogen-bond acceptors (Lipinski definition) is 3. The smallest absolute Gasteiger partial charge is 0.261 e. The van der Waals surface area contributed by atoms with Crippen molar-refractivity contribution in [2.45, 2.75) is 89.6 Å². The van der Waals surface area contributed by atoms with Crippen molar-refractivity contribution in [3.63, 3.8) is 0 Å². The minimum atomic E-state index is 0.0571. The van der Waals surface area contributed by atoms with E-state index in [1.165, 1.54) is 51.4 Å². The molecule has 1 aliphatic heterocycles. The van der Waals surface area contributed by atoms with Crippen molar-refractivity contribution < 1.29 is 4.79 Å². The molecule has 1 aromatic heterocycles. The van der Waals surface area contributed by atoms with E-state index in [1.807, 2.05) is 36.1 Å². The number of amides is 1. The lowest BCUT2D eigenvalue weighted by Gasteiger charge is -2.55. The summed E-state index contributed by atoms with van der Waals surface area (Å²) in [5.41, 5.74) is 1.88. The van der Waals surface area contributed by atoms with Crippen LogP contribution in [0.25, 0.3) is 0 Å². The molecule has 154 valence electrons. The SMILES string of the molecule is CCc1nc2n(n1)C1(CCCCC1)C1CCCCC1N2C(=O)c1ccccc1C. The van der Waals surface area contributed by atoms with Crippen LogP contribution in [0.2, 0.25) is 0 Å². The monoisotopic (exact) mass is 392 g/mol. The number of aromatic nitrogens is 3. The second kappa shape index (κ2) is 7.26. The zero-order valence-electron chi connectivity index (χ0n) is 17.7. The van der Waals surface area contributed by atoms with E-state index in [1.54, 1.807) is 0 Å². The fourth-order valence-corrected chi connectivity index (χ4v) is 6.23. The van der Waals surface area contributed by atoms with E-state index in [2.05, 4.69) is 11.6 Å². The maximum atomic E-state index is 13.9. The molecule has 2 fully saturated rings. The Hall–Kier alpha value is -2.17. The Bertz CT molecular complexity index is 911. The predicted octanol–water partition coefficient (Wildman–Crippen LogP) is 5.03. The molecule has 0 bridgehead atoms. The lowest BCUT2D eigenvalue weighted by Crippen LogP contribution is -2.61. The summed E-state index contributed by atoms with van der Waals surface area (Å²) in [6, 6.07) is 8.20. The van der Waals surface area contributed by atoms with Gasteiger partial charge in [0.1, 0.15) is 0 Å². The normalized spacial score (nSPS) is 25.5. The molecule has 29 heavy (non-hydrogen) atoms. The molecule has 2 atom stereocenters. The van der Waals surface area contributed by atoms with Gasteiger partial charge in [0.2, 0.25) is 5.95 Å². The number of carbonyl (C=O) groups is 1. The second-order valence-electron chi connectivity index (χ2n) is 9.21. The summed E-state index contributed by atoms with van der Waals surface area (Å²) in [5, 5.41) is 5.00. The molecule has 2 aliphatic carbocycles. The van der Waals surface area contributed by atoms with Crippen LogP contribution >= 0.6 is 0 Å². The first-order valence-corrected chi connectivity index (χ1v) is 11.5. The molecule has 1 amide bonds. The summed E-state index contributed by atoms with van der Waals surface area (Å²) >= 11 is 0. The van der Waals surface area contributed by atoms with Crippen LogP contribution in [0, 0.1) is 12.8 Å². The van der Waals surface area contributed by atoms with E-state index in [-0.39, 0.29) is 17.5 Å². The van der Waals surface area contributed by atoms with Gasteiger partial charge in [-0.3, -0.25) is 9.69 Å². The molecule has 1 aromatic carbocycles. The summed E-state index contributed by atoms with van der Waals surface area (Å²) in [5.74, 6) is 2.26. The minimum absolute atomic E-state index is 0.0571. The van der Waals surface area contributed by atoms with E-state index in [9.17, 15) is 4.79 Å². The molecule has 0 N–H and O–H groups in total. The van der Waals surface area contributed by atoms with Crippen molar-refractivity contribution in [2.75, 3.05) is 4.90 Å². The third-order valence-electron chi connectivity index (χ3n) is 7.65. The number of nitrogens with zero attached hydrogens (tertiary/aromatic N) is 4. The third kappa shape index (κ3) is 2.84. The Labute approximate surface area is 173 Å². The van der Waals surface area contributed by atoms with Gasteiger partial charge in [-0.25, -0.2) is 4.68 Å². The Morgan fingerprint density at radius 2 is 1.86 bits per heavy atom. The van der Waals surface area contributed by atoms with E-state index < -0.39 is 0 Å². The highest BCUT2D eigenvalue weighted by molar-refractivity contribution is 6.06. The lowest BCUT2D eigenvalue weighted by molar-refractivity contribution is 0.0311. The topological polar surface area (TPSA) is 51.0 Å². The molecule has 1 spiro atoms. The quantitative estimate of drug-likeness (QED) is 0.720. The maximum absolute atomic E-state index is 13.9. The standard InChI is InChI=1S/C24H32N4O/c1-3-21-25-23-27(22(29)18-12-6-5-11-17(18)2)20-14-8-7-13-19(20)24(28(23)26-21)15-9-4-10-16-24/h5-6,11-12,19-20H,3-4,7-10,13-16H2,1-2H3. The highest BCUT2D eigenvalue weighted by atomic mass is 16.2. The van der Waals surface area contributed by atoms with Gasteiger partial charge in [0.05, 0.1) is 5.54 Å². The highest BCUT2D eigenvalue weighted by Crippen LogP contribution is 2.53. The van der Waals surface area contributed by atoms with E-state index in [0.29, 0.717) is 5.92 Å². The molecule has 2 heterocycles. The maximum Gasteiger partial charge on any atom is 0.261 e. The van der Waals surface area contributed by atoms with Crippen LogP contribution < -0.4 is 4.90 Å². The summed E-state index contributed by atoms with van der Waals surface area (Å²) in [7, 11) is 0. The van der Waals surface area contributed by atoms with Crippen molar-refractivity contribution in [3.05, 3.63) is 41.2 Å². The molecule has 5 rings (SSSR count). The summed E-state index contributed by atoms with van der Waals surface area (Å²) in [4.78, 5) is 20.8. The van der Waals surface area contributed by atoms with Gasteiger partial charge < -0.3 is 0 Å². The molecule has 2 aromatic rings. The first-order chi connectivity index (χ1) is 14.2. The number of aryl methyl sites for hydroxylation is 2. The van der Waals surface area contributed by atoms with Gasteiger partial charge in [0, 0.05) is 23.9 Å². The van der Waals surface area contributed by atoms with Crippen LogP contribution in [0.1, 0.15) is 86.5 Å². The second-order valence-corrected chi connectivity index (χ2v) is 9.21. The summed E-state index contributed by atoms with van der Waals surface area (Å²) < 4.78 is 2.22. The van der Waals surface area contributed by atoms with Gasteiger partial charge in [-0.1, -0.05) is 57.2 Å². The third-order valence-corrected chi connectivity index (χ3v) is 7.65.